The van der Waals surface area contributed by atoms with Crippen molar-refractivity contribution in [1.82, 2.24) is 9.21 Å². The van der Waals surface area contributed by atoms with E-state index in [1.807, 2.05) is 6.92 Å². The van der Waals surface area contributed by atoms with Gasteiger partial charge in [-0.3, -0.25) is 9.59 Å². The summed E-state index contributed by atoms with van der Waals surface area (Å²) in [6, 6.07) is 11.0. The Morgan fingerprint density at radius 3 is 2.50 bits per heavy atom. The molecule has 1 aliphatic heterocycles. The van der Waals surface area contributed by atoms with Gasteiger partial charge in [0.2, 0.25) is 21.8 Å². The van der Waals surface area contributed by atoms with Crippen LogP contribution in [-0.2, 0) is 26.0 Å². The van der Waals surface area contributed by atoms with Gasteiger partial charge in [-0.15, -0.1) is 0 Å². The minimum atomic E-state index is -3.84. The Labute approximate surface area is 249 Å². The fraction of sp³-hybridized carbons (Fsp3) is 0.548. The molecule has 4 rings (SSSR count). The molecule has 2 aromatic rings. The van der Waals surface area contributed by atoms with Crippen LogP contribution in [0.4, 0.5) is 5.69 Å². The normalized spacial score (nSPS) is 21.0. The van der Waals surface area contributed by atoms with Crippen LogP contribution in [-0.4, -0.2) is 80.5 Å². The third-order valence-electron chi connectivity index (χ3n) is 8.36. The number of nitrogens with one attached hydrogen (secondary N) is 1. The predicted molar refractivity (Wildman–Crippen MR) is 160 cm³/mol. The molecule has 3 atom stereocenters. The van der Waals surface area contributed by atoms with E-state index >= 15 is 0 Å². The molecule has 2 aromatic carbocycles. The number of nitrogens with zero attached hydrogens (tertiary/aromatic N) is 2. The fourth-order valence-corrected chi connectivity index (χ4v) is 6.80. The second-order valence-corrected chi connectivity index (χ2v) is 13.5. The number of ether oxygens (including phenoxy) is 2. The minimum absolute atomic E-state index is 0.0163. The molecule has 42 heavy (non-hydrogen) atoms. The minimum Gasteiger partial charge on any atom is -0.497 e. The Morgan fingerprint density at radius 1 is 1.17 bits per heavy atom. The highest BCUT2D eigenvalue weighted by Gasteiger charge is 2.33. The molecule has 0 saturated heterocycles. The number of benzene rings is 2. The van der Waals surface area contributed by atoms with Crippen molar-refractivity contribution in [3.8, 4) is 11.5 Å². The van der Waals surface area contributed by atoms with Gasteiger partial charge in [0.05, 0.1) is 37.6 Å². The van der Waals surface area contributed by atoms with E-state index in [-0.39, 0.29) is 54.7 Å². The Morgan fingerprint density at radius 2 is 1.86 bits per heavy atom. The van der Waals surface area contributed by atoms with Crippen LogP contribution < -0.4 is 14.8 Å². The molecule has 1 saturated carbocycles. The Kier molecular flexibility index (Phi) is 10.5. The number of fused-ring (bicyclic) bond motifs is 1. The maximum absolute atomic E-state index is 13.5. The largest absolute Gasteiger partial charge is 0.497 e. The van der Waals surface area contributed by atoms with Crippen molar-refractivity contribution in [2.75, 3.05) is 39.2 Å². The van der Waals surface area contributed by atoms with Gasteiger partial charge in [-0.05, 0) is 62.2 Å². The van der Waals surface area contributed by atoms with E-state index in [0.717, 1.165) is 32.1 Å². The van der Waals surface area contributed by atoms with Gasteiger partial charge >= 0.3 is 0 Å². The molecule has 2 N–H and O–H groups in total. The first-order valence-corrected chi connectivity index (χ1v) is 16.1. The Hall–Kier alpha value is -3.15. The molecular weight excluding hydrogens is 558 g/mol. The van der Waals surface area contributed by atoms with Crippen LogP contribution in [0.15, 0.2) is 47.4 Å². The molecule has 11 heteroatoms. The number of hydrogen-bond donors (Lipinski definition) is 2. The molecule has 2 aliphatic rings. The zero-order valence-electron chi connectivity index (χ0n) is 24.9. The SMILES string of the molecule is COc1ccc(S(=O)(=O)N(C)C[C@H]2Oc3ccc(NC(=O)C4CCCCC4)cc3CC(=O)N([C@H](C)CO)C[C@@H]2C)cc1. The van der Waals surface area contributed by atoms with Crippen LogP contribution in [0.2, 0.25) is 0 Å². The first kappa shape index (κ1) is 31.8. The summed E-state index contributed by atoms with van der Waals surface area (Å²) >= 11 is 0. The first-order chi connectivity index (χ1) is 20.0. The quantitative estimate of drug-likeness (QED) is 0.449. The van der Waals surface area contributed by atoms with Gasteiger partial charge in [-0.1, -0.05) is 26.2 Å². The summed E-state index contributed by atoms with van der Waals surface area (Å²) in [5.74, 6) is 0.536. The lowest BCUT2D eigenvalue weighted by Crippen LogP contribution is -2.48. The average molecular weight is 602 g/mol. The summed E-state index contributed by atoms with van der Waals surface area (Å²) < 4.78 is 39.7. The standard InChI is InChI=1S/C31H43N3O7S/c1-21-18-34(22(2)20-35)30(36)17-24-16-25(32-31(37)23-8-6-5-7-9-23)10-15-28(24)41-29(21)19-33(3)42(38,39)27-13-11-26(40-4)12-14-27/h10-16,21-23,29,35H,5-9,17-20H2,1-4H3,(H,32,37)/t21-,22+,29+/m0/s1. The molecule has 2 amide bonds. The number of hydrogen-bond acceptors (Lipinski definition) is 7. The lowest BCUT2D eigenvalue weighted by atomic mass is 9.88. The summed E-state index contributed by atoms with van der Waals surface area (Å²) in [5, 5.41) is 12.9. The van der Waals surface area contributed by atoms with Gasteiger partial charge in [-0.25, -0.2) is 8.42 Å². The Bertz CT molecular complexity index is 1340. The highest BCUT2D eigenvalue weighted by atomic mass is 32.2. The molecule has 1 heterocycles. The van der Waals surface area contributed by atoms with Crippen molar-refractivity contribution in [3.63, 3.8) is 0 Å². The smallest absolute Gasteiger partial charge is 0.242 e. The van der Waals surface area contributed by atoms with Gasteiger partial charge in [0.1, 0.15) is 17.6 Å². The van der Waals surface area contributed by atoms with E-state index in [0.29, 0.717) is 22.7 Å². The maximum atomic E-state index is 13.5. The maximum Gasteiger partial charge on any atom is 0.242 e. The van der Waals surface area contributed by atoms with Crippen molar-refractivity contribution < 1.29 is 32.6 Å². The van der Waals surface area contributed by atoms with Crippen molar-refractivity contribution in [3.05, 3.63) is 48.0 Å². The molecule has 0 aromatic heterocycles. The number of carbonyl (C=O) groups is 2. The van der Waals surface area contributed by atoms with Crippen LogP contribution in [0, 0.1) is 11.8 Å². The van der Waals surface area contributed by atoms with Crippen LogP contribution in [0.25, 0.3) is 0 Å². The van der Waals surface area contributed by atoms with Crippen LogP contribution in [0.3, 0.4) is 0 Å². The molecule has 0 radical (unpaired) electrons. The van der Waals surface area contributed by atoms with Crippen molar-refractivity contribution in [1.29, 1.82) is 0 Å². The third kappa shape index (κ3) is 7.43. The summed E-state index contributed by atoms with van der Waals surface area (Å²) in [5.41, 5.74) is 1.18. The van der Waals surface area contributed by atoms with Gasteiger partial charge < -0.3 is 24.8 Å². The van der Waals surface area contributed by atoms with E-state index in [1.165, 1.54) is 30.6 Å². The number of methoxy groups -OCH3 is 1. The average Bonchev–Trinajstić information content (AvgIpc) is 3.04. The van der Waals surface area contributed by atoms with E-state index in [2.05, 4.69) is 5.32 Å². The molecular formula is C31H43N3O7S. The van der Waals surface area contributed by atoms with Crippen LogP contribution in [0.5, 0.6) is 11.5 Å². The topological polar surface area (TPSA) is 125 Å². The Balaban J connectivity index is 1.61. The molecule has 1 fully saturated rings. The second kappa shape index (κ2) is 13.9. The van der Waals surface area contributed by atoms with Gasteiger partial charge in [-0.2, -0.15) is 4.31 Å². The highest BCUT2D eigenvalue weighted by Crippen LogP contribution is 2.31. The van der Waals surface area contributed by atoms with Gasteiger partial charge in [0.15, 0.2) is 0 Å². The summed E-state index contributed by atoms with van der Waals surface area (Å²) in [4.78, 5) is 28.2. The summed E-state index contributed by atoms with van der Waals surface area (Å²) in [6.07, 6.45) is 4.41. The van der Waals surface area contributed by atoms with E-state index < -0.39 is 22.2 Å². The van der Waals surface area contributed by atoms with Crippen molar-refractivity contribution >= 4 is 27.5 Å². The second-order valence-electron chi connectivity index (χ2n) is 11.5. The molecule has 0 unspecified atom stereocenters. The van der Waals surface area contributed by atoms with E-state index in [1.54, 1.807) is 42.2 Å². The number of aliphatic hydroxyl groups excluding tert-OH is 1. The lowest BCUT2D eigenvalue weighted by Gasteiger charge is -2.33. The number of rotatable bonds is 9. The first-order valence-electron chi connectivity index (χ1n) is 14.6. The fourth-order valence-electron chi connectivity index (χ4n) is 5.61. The molecule has 10 nitrogen and oxygen atoms in total. The summed E-state index contributed by atoms with van der Waals surface area (Å²) in [6.45, 7) is 3.79. The molecule has 0 bridgehead atoms. The number of anilines is 1. The summed E-state index contributed by atoms with van der Waals surface area (Å²) in [7, 11) is -0.818. The molecule has 230 valence electrons. The van der Waals surface area contributed by atoms with E-state index in [4.69, 9.17) is 9.47 Å². The zero-order chi connectivity index (χ0) is 30.4. The number of carbonyl (C=O) groups excluding carboxylic acids is 2. The number of sulfonamides is 1. The number of likely N-dealkylation sites (N-methyl/N-ethyl adjacent to an activating group) is 1. The number of amides is 2. The van der Waals surface area contributed by atoms with E-state index in [9.17, 15) is 23.1 Å². The van der Waals surface area contributed by atoms with Crippen LogP contribution >= 0.6 is 0 Å². The predicted octanol–water partition coefficient (Wildman–Crippen LogP) is 3.68. The van der Waals surface area contributed by atoms with Crippen molar-refractivity contribution in [2.24, 2.45) is 11.8 Å². The van der Waals surface area contributed by atoms with Gasteiger partial charge in [0.25, 0.3) is 0 Å². The lowest BCUT2D eigenvalue weighted by molar-refractivity contribution is -0.134. The number of aliphatic hydroxyl groups is 1. The van der Waals surface area contributed by atoms with Crippen LogP contribution in [0.1, 0.15) is 51.5 Å². The van der Waals surface area contributed by atoms with Gasteiger partial charge in [0, 0.05) is 36.7 Å². The molecule has 1 aliphatic carbocycles. The highest BCUT2D eigenvalue weighted by molar-refractivity contribution is 7.89. The zero-order valence-corrected chi connectivity index (χ0v) is 25.7. The molecule has 0 spiro atoms. The van der Waals surface area contributed by atoms with Crippen molar-refractivity contribution in [2.45, 2.75) is 69.4 Å². The monoisotopic (exact) mass is 601 g/mol. The third-order valence-corrected chi connectivity index (χ3v) is 10.2.